The lowest BCUT2D eigenvalue weighted by atomic mass is 10.1. The summed E-state index contributed by atoms with van der Waals surface area (Å²) >= 11 is 1.19. The second-order valence-electron chi connectivity index (χ2n) is 5.85. The minimum Gasteiger partial charge on any atom is -0.544 e. The molecular formula is C18H24N2O2S. The number of nitrogens with one attached hydrogen (secondary N) is 1. The first-order chi connectivity index (χ1) is 11.0. The molecule has 0 aliphatic carbocycles. The molecule has 1 heterocycles. The van der Waals surface area contributed by atoms with Gasteiger partial charge in [-0.2, -0.15) is 0 Å². The number of carboxylic acid groups (broad SMARTS) is 1. The monoisotopic (exact) mass is 332 g/mol. The molecule has 0 atom stereocenters. The Labute approximate surface area is 141 Å². The van der Waals surface area contributed by atoms with Crippen LogP contribution in [0.5, 0.6) is 0 Å². The second-order valence-corrected chi connectivity index (χ2v) is 6.85. The molecule has 0 spiro atoms. The normalized spacial score (nSPS) is 11.1. The molecule has 23 heavy (non-hydrogen) atoms. The summed E-state index contributed by atoms with van der Waals surface area (Å²) in [5.74, 6) is -1.15. The van der Waals surface area contributed by atoms with Crippen LogP contribution in [0.1, 0.15) is 47.6 Å². The zero-order valence-electron chi connectivity index (χ0n) is 14.0. The minimum absolute atomic E-state index is 0.217. The van der Waals surface area contributed by atoms with Gasteiger partial charge < -0.3 is 14.8 Å². The Morgan fingerprint density at radius 2 is 1.96 bits per heavy atom. The summed E-state index contributed by atoms with van der Waals surface area (Å²) in [7, 11) is 0. The number of thiazole rings is 1. The van der Waals surface area contributed by atoms with Gasteiger partial charge in [0.1, 0.15) is 11.6 Å². The largest absolute Gasteiger partial charge is 0.544 e. The van der Waals surface area contributed by atoms with Crippen molar-refractivity contribution in [1.29, 1.82) is 0 Å². The molecule has 1 aromatic carbocycles. The maximum absolute atomic E-state index is 11.1. The number of carboxylic acids is 1. The van der Waals surface area contributed by atoms with Gasteiger partial charge in [-0.1, -0.05) is 32.0 Å². The lowest BCUT2D eigenvalue weighted by molar-refractivity contribution is -0.914. The van der Waals surface area contributed by atoms with Crippen LogP contribution in [0.2, 0.25) is 0 Å². The van der Waals surface area contributed by atoms with Crippen LogP contribution in [0.15, 0.2) is 24.3 Å². The first-order valence-electron chi connectivity index (χ1n) is 8.16. The molecule has 0 fully saturated rings. The SMILES string of the molecule is CCC[NH+](CCC)Cc1cccc(-c2nc(C)c(C(=O)[O-])s2)c1. The highest BCUT2D eigenvalue weighted by molar-refractivity contribution is 7.17. The van der Waals surface area contributed by atoms with Crippen LogP contribution in [0.25, 0.3) is 10.6 Å². The molecule has 0 amide bonds. The van der Waals surface area contributed by atoms with Crippen molar-refractivity contribution in [3.8, 4) is 10.6 Å². The number of quaternary nitrogens is 1. The predicted molar refractivity (Wildman–Crippen MR) is 91.6 cm³/mol. The van der Waals surface area contributed by atoms with Crippen molar-refractivity contribution in [2.45, 2.75) is 40.2 Å². The maximum Gasteiger partial charge on any atom is 0.124 e. The molecule has 0 radical (unpaired) electrons. The number of aromatic carboxylic acids is 1. The molecular weight excluding hydrogens is 308 g/mol. The first kappa shape index (κ1) is 17.6. The van der Waals surface area contributed by atoms with E-state index in [1.54, 1.807) is 11.8 Å². The van der Waals surface area contributed by atoms with Crippen LogP contribution in [0.3, 0.4) is 0 Å². The number of rotatable bonds is 8. The highest BCUT2D eigenvalue weighted by Crippen LogP contribution is 2.28. The van der Waals surface area contributed by atoms with Crippen LogP contribution in [-0.4, -0.2) is 24.0 Å². The van der Waals surface area contributed by atoms with Gasteiger partial charge in [0.05, 0.1) is 29.6 Å². The van der Waals surface area contributed by atoms with Gasteiger partial charge in [0.2, 0.25) is 0 Å². The number of aromatic nitrogens is 1. The Hall–Kier alpha value is -1.72. The van der Waals surface area contributed by atoms with Crippen LogP contribution >= 0.6 is 11.3 Å². The van der Waals surface area contributed by atoms with Crippen LogP contribution in [-0.2, 0) is 6.54 Å². The third kappa shape index (κ3) is 4.62. The van der Waals surface area contributed by atoms with E-state index in [0.717, 1.165) is 17.1 Å². The van der Waals surface area contributed by atoms with Gasteiger partial charge in [0.15, 0.2) is 0 Å². The third-order valence-electron chi connectivity index (χ3n) is 3.82. The summed E-state index contributed by atoms with van der Waals surface area (Å²) in [6.07, 6.45) is 2.35. The molecule has 0 unspecified atom stereocenters. The summed E-state index contributed by atoms with van der Waals surface area (Å²) in [5.41, 5.74) is 2.78. The fourth-order valence-electron chi connectivity index (χ4n) is 2.82. The van der Waals surface area contributed by atoms with E-state index in [0.29, 0.717) is 5.69 Å². The van der Waals surface area contributed by atoms with Crippen molar-refractivity contribution in [2.24, 2.45) is 0 Å². The van der Waals surface area contributed by atoms with Gasteiger partial charge in [-0.3, -0.25) is 0 Å². The zero-order chi connectivity index (χ0) is 16.8. The number of hydrogen-bond donors (Lipinski definition) is 1. The van der Waals surface area contributed by atoms with E-state index >= 15 is 0 Å². The Kier molecular flexibility index (Phi) is 6.30. The highest BCUT2D eigenvalue weighted by atomic mass is 32.1. The summed E-state index contributed by atoms with van der Waals surface area (Å²) < 4.78 is 0. The summed E-state index contributed by atoms with van der Waals surface area (Å²) in [6.45, 7) is 9.47. The van der Waals surface area contributed by atoms with Crippen molar-refractivity contribution >= 4 is 17.3 Å². The molecule has 0 saturated heterocycles. The number of nitrogens with zero attached hydrogens (tertiary/aromatic N) is 1. The van der Waals surface area contributed by atoms with Gasteiger partial charge in [-0.15, -0.1) is 11.3 Å². The van der Waals surface area contributed by atoms with E-state index in [4.69, 9.17) is 0 Å². The van der Waals surface area contributed by atoms with Crippen molar-refractivity contribution in [3.63, 3.8) is 0 Å². The van der Waals surface area contributed by atoms with E-state index in [1.807, 2.05) is 12.1 Å². The lowest BCUT2D eigenvalue weighted by Gasteiger charge is -2.18. The molecule has 4 nitrogen and oxygen atoms in total. The summed E-state index contributed by atoms with van der Waals surface area (Å²) in [6, 6.07) is 8.27. The van der Waals surface area contributed by atoms with E-state index in [2.05, 4.69) is 31.0 Å². The predicted octanol–water partition coefficient (Wildman–Crippen LogP) is 1.69. The first-order valence-corrected chi connectivity index (χ1v) is 8.98. The third-order valence-corrected chi connectivity index (χ3v) is 5.00. The van der Waals surface area contributed by atoms with Crippen molar-refractivity contribution in [3.05, 3.63) is 40.4 Å². The Bertz CT molecular complexity index is 661. The lowest BCUT2D eigenvalue weighted by Crippen LogP contribution is -3.10. The molecule has 124 valence electrons. The topological polar surface area (TPSA) is 57.5 Å². The number of carbonyl (C=O) groups is 1. The number of aryl methyl sites for hydroxylation is 1. The molecule has 0 bridgehead atoms. The Balaban J connectivity index is 2.22. The highest BCUT2D eigenvalue weighted by Gasteiger charge is 2.12. The fourth-order valence-corrected chi connectivity index (χ4v) is 3.72. The fraction of sp³-hybridized carbons (Fsp3) is 0.444. The van der Waals surface area contributed by atoms with Crippen molar-refractivity contribution in [1.82, 2.24) is 4.98 Å². The summed E-state index contributed by atoms with van der Waals surface area (Å²) in [4.78, 5) is 17.3. The molecule has 0 aliphatic rings. The van der Waals surface area contributed by atoms with E-state index in [-0.39, 0.29) is 4.88 Å². The summed E-state index contributed by atoms with van der Waals surface area (Å²) in [5, 5.41) is 11.8. The number of carbonyl (C=O) groups excluding carboxylic acids is 1. The molecule has 2 rings (SSSR count). The van der Waals surface area contributed by atoms with Gasteiger partial charge in [-0.25, -0.2) is 4.98 Å². The quantitative estimate of drug-likeness (QED) is 0.800. The molecule has 1 aromatic heterocycles. The van der Waals surface area contributed by atoms with Crippen LogP contribution in [0, 0.1) is 6.92 Å². The second kappa shape index (κ2) is 8.22. The number of hydrogen-bond acceptors (Lipinski definition) is 4. The Morgan fingerprint density at radius 3 is 2.52 bits per heavy atom. The number of benzene rings is 1. The van der Waals surface area contributed by atoms with Crippen LogP contribution in [0.4, 0.5) is 0 Å². The van der Waals surface area contributed by atoms with Gasteiger partial charge in [0.25, 0.3) is 0 Å². The van der Waals surface area contributed by atoms with E-state index in [1.165, 1.54) is 42.8 Å². The molecule has 2 aromatic rings. The average Bonchev–Trinajstić information content (AvgIpc) is 2.90. The van der Waals surface area contributed by atoms with Gasteiger partial charge in [-0.05, 0) is 25.8 Å². The van der Waals surface area contributed by atoms with Crippen molar-refractivity contribution < 1.29 is 14.8 Å². The minimum atomic E-state index is -1.15. The smallest absolute Gasteiger partial charge is 0.124 e. The molecule has 1 N–H and O–H groups in total. The van der Waals surface area contributed by atoms with E-state index < -0.39 is 5.97 Å². The van der Waals surface area contributed by atoms with Gasteiger partial charge >= 0.3 is 0 Å². The standard InChI is InChI=1S/C18H24N2O2S/c1-4-9-20(10-5-2)12-14-7-6-8-15(11-14)17-19-13(3)16(23-17)18(21)22/h6-8,11H,4-5,9-10,12H2,1-3H3,(H,21,22). The van der Waals surface area contributed by atoms with Crippen molar-refractivity contribution in [2.75, 3.05) is 13.1 Å². The molecule has 5 heteroatoms. The average molecular weight is 332 g/mol. The van der Waals surface area contributed by atoms with Gasteiger partial charge in [0, 0.05) is 11.1 Å². The van der Waals surface area contributed by atoms with Crippen LogP contribution < -0.4 is 10.0 Å². The maximum atomic E-state index is 11.1. The zero-order valence-corrected chi connectivity index (χ0v) is 14.8. The Morgan fingerprint density at radius 1 is 1.26 bits per heavy atom. The molecule has 0 aliphatic heterocycles. The van der Waals surface area contributed by atoms with E-state index in [9.17, 15) is 9.90 Å². The molecule has 0 saturated carbocycles.